The summed E-state index contributed by atoms with van der Waals surface area (Å²) in [5, 5.41) is 23.2. The molecular weight excluding hydrogens is 500 g/mol. The van der Waals surface area contributed by atoms with E-state index in [0.29, 0.717) is 38.5 Å². The van der Waals surface area contributed by atoms with Gasteiger partial charge in [0, 0.05) is 38.8 Å². The summed E-state index contributed by atoms with van der Waals surface area (Å²) in [7, 11) is 0. The van der Waals surface area contributed by atoms with Crippen LogP contribution in [-0.2, 0) is 6.54 Å². The number of nitro benzene ring substituents is 1. The first-order chi connectivity index (χ1) is 18.4. The number of carbonyl (C=O) groups is 1. The molecule has 3 aromatic rings. The summed E-state index contributed by atoms with van der Waals surface area (Å²) in [5.74, 6) is 0.456. The third-order valence-electron chi connectivity index (χ3n) is 6.14. The van der Waals surface area contributed by atoms with Crippen molar-refractivity contribution in [2.45, 2.75) is 6.54 Å². The molecule has 15 nitrogen and oxygen atoms in total. The first-order valence-corrected chi connectivity index (χ1v) is 11.6. The molecule has 0 unspecified atom stereocenters. The summed E-state index contributed by atoms with van der Waals surface area (Å²) >= 11 is 0. The monoisotopic (exact) mass is 522 g/mol. The van der Waals surface area contributed by atoms with Crippen LogP contribution in [0.25, 0.3) is 0 Å². The number of nitrogens with one attached hydrogen (secondary N) is 2. The van der Waals surface area contributed by atoms with E-state index in [1.807, 2.05) is 18.2 Å². The summed E-state index contributed by atoms with van der Waals surface area (Å²) in [4.78, 5) is 46.4. The molecule has 5 rings (SSSR count). The third kappa shape index (κ3) is 5.08. The van der Waals surface area contributed by atoms with Crippen LogP contribution in [0.15, 0.2) is 48.8 Å². The summed E-state index contributed by atoms with van der Waals surface area (Å²) in [6, 6.07) is 11.2. The van der Waals surface area contributed by atoms with Crippen LogP contribution in [0.5, 0.6) is 11.5 Å². The number of carbonyl (C=O) groups excluding carboxylic acids is 1. The molecule has 2 aliphatic rings. The van der Waals surface area contributed by atoms with E-state index in [1.165, 1.54) is 24.3 Å². The SMILES string of the molecule is O=C(NNc1ncnc(N2CCN(Cc3ccc4c(c3)OCO4)CC2)c1[N+](=O)[O-])c1ccccc1[N+](=O)[O-]. The van der Waals surface area contributed by atoms with Gasteiger partial charge in [-0.3, -0.25) is 40.8 Å². The maximum Gasteiger partial charge on any atom is 0.355 e. The van der Waals surface area contributed by atoms with E-state index in [-0.39, 0.29) is 24.0 Å². The maximum atomic E-state index is 12.5. The average molecular weight is 522 g/mol. The van der Waals surface area contributed by atoms with Crippen molar-refractivity contribution in [1.82, 2.24) is 20.3 Å². The van der Waals surface area contributed by atoms with Crippen molar-refractivity contribution < 1.29 is 24.1 Å². The fourth-order valence-electron chi connectivity index (χ4n) is 4.28. The van der Waals surface area contributed by atoms with Gasteiger partial charge in [0.15, 0.2) is 11.5 Å². The molecule has 196 valence electrons. The minimum absolute atomic E-state index is 0.107. The fourth-order valence-corrected chi connectivity index (χ4v) is 4.28. The van der Waals surface area contributed by atoms with Crippen LogP contribution in [-0.4, -0.2) is 63.6 Å². The fraction of sp³-hybridized carbons (Fsp3) is 0.261. The predicted molar refractivity (Wildman–Crippen MR) is 133 cm³/mol. The van der Waals surface area contributed by atoms with Crippen molar-refractivity contribution in [2.75, 3.05) is 43.3 Å². The Morgan fingerprint density at radius 1 is 0.974 bits per heavy atom. The van der Waals surface area contributed by atoms with Gasteiger partial charge in [0.1, 0.15) is 11.9 Å². The number of benzene rings is 2. The number of nitrogens with zero attached hydrogens (tertiary/aromatic N) is 6. The van der Waals surface area contributed by atoms with Gasteiger partial charge < -0.3 is 14.4 Å². The first-order valence-electron chi connectivity index (χ1n) is 11.6. The zero-order valence-electron chi connectivity index (χ0n) is 19.9. The Hall–Kier alpha value is -5.05. The van der Waals surface area contributed by atoms with Crippen molar-refractivity contribution in [1.29, 1.82) is 0 Å². The number of aromatic nitrogens is 2. The highest BCUT2D eigenvalue weighted by atomic mass is 16.7. The number of fused-ring (bicyclic) bond motifs is 1. The molecule has 1 aromatic heterocycles. The average Bonchev–Trinajstić information content (AvgIpc) is 3.40. The second kappa shape index (κ2) is 10.5. The van der Waals surface area contributed by atoms with Crippen molar-refractivity contribution in [3.63, 3.8) is 0 Å². The molecule has 0 atom stereocenters. The van der Waals surface area contributed by atoms with Crippen molar-refractivity contribution in [3.8, 4) is 11.5 Å². The molecule has 2 aromatic carbocycles. The molecule has 1 saturated heterocycles. The molecule has 2 aliphatic heterocycles. The molecule has 0 radical (unpaired) electrons. The number of nitro groups is 2. The number of ether oxygens (including phenoxy) is 2. The van der Waals surface area contributed by atoms with E-state index >= 15 is 0 Å². The molecular formula is C23H22N8O7. The number of hydrazine groups is 1. The molecule has 2 N–H and O–H groups in total. The Morgan fingerprint density at radius 2 is 1.74 bits per heavy atom. The Morgan fingerprint density at radius 3 is 2.50 bits per heavy atom. The van der Waals surface area contributed by atoms with Crippen LogP contribution in [0, 0.1) is 20.2 Å². The van der Waals surface area contributed by atoms with Crippen LogP contribution < -0.4 is 25.2 Å². The van der Waals surface area contributed by atoms with Gasteiger partial charge in [-0.25, -0.2) is 9.97 Å². The van der Waals surface area contributed by atoms with Crippen LogP contribution in [0.4, 0.5) is 23.0 Å². The Balaban J connectivity index is 1.26. The number of anilines is 2. The standard InChI is InChI=1S/C23H22N8O7/c32-23(16-3-1-2-4-17(16)30(33)34)27-26-21-20(31(35)36)22(25-13-24-21)29-9-7-28(8-10-29)12-15-5-6-18-19(11-15)38-14-37-18/h1-6,11,13H,7-10,12,14H2,(H,27,32)(H,24,25,26). The molecule has 1 fully saturated rings. The van der Waals surface area contributed by atoms with Crippen LogP contribution in [0.3, 0.4) is 0 Å². The lowest BCUT2D eigenvalue weighted by Crippen LogP contribution is -2.46. The number of piperazine rings is 1. The van der Waals surface area contributed by atoms with Crippen LogP contribution >= 0.6 is 0 Å². The van der Waals surface area contributed by atoms with Gasteiger partial charge in [-0.05, 0) is 23.8 Å². The lowest BCUT2D eigenvalue weighted by Gasteiger charge is -2.35. The topological polar surface area (TPSA) is 178 Å². The predicted octanol–water partition coefficient (Wildman–Crippen LogP) is 2.10. The molecule has 3 heterocycles. The van der Waals surface area contributed by atoms with Gasteiger partial charge in [0.25, 0.3) is 11.6 Å². The smallest absolute Gasteiger partial charge is 0.355 e. The van der Waals surface area contributed by atoms with Gasteiger partial charge in [0.2, 0.25) is 18.4 Å². The van der Waals surface area contributed by atoms with Crippen LogP contribution in [0.2, 0.25) is 0 Å². The van der Waals surface area contributed by atoms with Gasteiger partial charge in [-0.15, -0.1) is 0 Å². The van der Waals surface area contributed by atoms with Gasteiger partial charge >= 0.3 is 5.69 Å². The van der Waals surface area contributed by atoms with E-state index in [2.05, 4.69) is 25.7 Å². The molecule has 0 aliphatic carbocycles. The second-order valence-corrected chi connectivity index (χ2v) is 8.46. The number of amides is 1. The second-order valence-electron chi connectivity index (χ2n) is 8.46. The van der Waals surface area contributed by atoms with Crippen molar-refractivity contribution in [2.24, 2.45) is 0 Å². The highest BCUT2D eigenvalue weighted by Gasteiger charge is 2.30. The minimum Gasteiger partial charge on any atom is -0.454 e. The highest BCUT2D eigenvalue weighted by molar-refractivity contribution is 5.98. The molecule has 0 spiro atoms. The van der Waals surface area contributed by atoms with Crippen molar-refractivity contribution >= 4 is 28.9 Å². The first kappa shape index (κ1) is 24.6. The van der Waals surface area contributed by atoms with E-state index in [9.17, 15) is 25.0 Å². The van der Waals surface area contributed by atoms with Gasteiger partial charge in [-0.2, -0.15) is 0 Å². The third-order valence-corrected chi connectivity index (χ3v) is 6.14. The van der Waals surface area contributed by atoms with Gasteiger partial charge in [-0.1, -0.05) is 18.2 Å². The lowest BCUT2D eigenvalue weighted by atomic mass is 10.1. The Labute approximate surface area is 215 Å². The van der Waals surface area contributed by atoms with E-state index in [0.717, 1.165) is 17.6 Å². The summed E-state index contributed by atoms with van der Waals surface area (Å²) in [6.45, 7) is 3.11. The van der Waals surface area contributed by atoms with Crippen LogP contribution in [0.1, 0.15) is 15.9 Å². The summed E-state index contributed by atoms with van der Waals surface area (Å²) < 4.78 is 10.8. The Kier molecular flexibility index (Phi) is 6.82. The number of hydrogen-bond acceptors (Lipinski definition) is 12. The molecule has 0 saturated carbocycles. The van der Waals surface area contributed by atoms with E-state index < -0.39 is 27.1 Å². The van der Waals surface area contributed by atoms with E-state index in [1.54, 1.807) is 4.90 Å². The largest absolute Gasteiger partial charge is 0.454 e. The number of rotatable bonds is 8. The van der Waals surface area contributed by atoms with E-state index in [4.69, 9.17) is 9.47 Å². The summed E-state index contributed by atoms with van der Waals surface area (Å²) in [6.07, 6.45) is 1.15. The lowest BCUT2D eigenvalue weighted by molar-refractivity contribution is -0.385. The highest BCUT2D eigenvalue weighted by Crippen LogP contribution is 2.34. The molecule has 0 bridgehead atoms. The minimum atomic E-state index is -0.844. The number of hydrogen-bond donors (Lipinski definition) is 2. The summed E-state index contributed by atoms with van der Waals surface area (Å²) in [5.41, 5.74) is 4.72. The Bertz CT molecular complexity index is 1390. The zero-order chi connectivity index (χ0) is 26.6. The molecule has 38 heavy (non-hydrogen) atoms. The maximum absolute atomic E-state index is 12.5. The van der Waals surface area contributed by atoms with Crippen molar-refractivity contribution in [3.05, 3.63) is 80.1 Å². The quantitative estimate of drug-likeness (QED) is 0.326. The van der Waals surface area contributed by atoms with Gasteiger partial charge in [0.05, 0.1) is 9.85 Å². The molecule has 15 heteroatoms. The zero-order valence-corrected chi connectivity index (χ0v) is 19.9. The normalized spacial score (nSPS) is 14.7. The number of para-hydroxylation sites is 1. The molecule has 1 amide bonds.